The van der Waals surface area contributed by atoms with Gasteiger partial charge in [-0.1, -0.05) is 6.07 Å². The number of hydrogen-bond acceptors (Lipinski definition) is 4. The van der Waals surface area contributed by atoms with Crippen LogP contribution in [0.3, 0.4) is 0 Å². The Bertz CT molecular complexity index is 652. The van der Waals surface area contributed by atoms with E-state index in [1.807, 2.05) is 36.2 Å². The Kier molecular flexibility index (Phi) is 7.40. The minimum Gasteiger partial charge on any atom is -0.330 e. The first-order valence-corrected chi connectivity index (χ1v) is 8.72. The van der Waals surface area contributed by atoms with E-state index in [1.165, 1.54) is 0 Å². The van der Waals surface area contributed by atoms with Gasteiger partial charge in [-0.2, -0.15) is 5.10 Å². The second-order valence-corrected chi connectivity index (χ2v) is 6.17. The zero-order valence-corrected chi connectivity index (χ0v) is 15.4. The molecular formula is C18H26ClN5O. The number of rotatable bonds is 5. The van der Waals surface area contributed by atoms with Gasteiger partial charge in [0.05, 0.1) is 24.0 Å². The molecule has 1 fully saturated rings. The van der Waals surface area contributed by atoms with Crippen molar-refractivity contribution in [3.8, 4) is 0 Å². The van der Waals surface area contributed by atoms with E-state index >= 15 is 0 Å². The zero-order chi connectivity index (χ0) is 16.8. The van der Waals surface area contributed by atoms with Crippen LogP contribution in [0, 0.1) is 0 Å². The van der Waals surface area contributed by atoms with Crippen molar-refractivity contribution >= 4 is 18.3 Å². The molecule has 0 spiro atoms. The molecule has 2 aromatic heterocycles. The highest BCUT2D eigenvalue weighted by molar-refractivity contribution is 5.93. The minimum absolute atomic E-state index is 0. The molecule has 3 heterocycles. The summed E-state index contributed by atoms with van der Waals surface area (Å²) in [5.41, 5.74) is 1.58. The van der Waals surface area contributed by atoms with Crippen LogP contribution in [0.2, 0.25) is 0 Å². The van der Waals surface area contributed by atoms with E-state index in [4.69, 9.17) is 0 Å². The molecule has 1 unspecified atom stereocenters. The van der Waals surface area contributed by atoms with Crippen LogP contribution in [0.1, 0.15) is 42.2 Å². The zero-order valence-electron chi connectivity index (χ0n) is 14.6. The Balaban J connectivity index is 0.00000225. The number of nitrogens with one attached hydrogen (secondary N) is 1. The largest absolute Gasteiger partial charge is 0.330 e. The van der Waals surface area contributed by atoms with Gasteiger partial charge in [0.15, 0.2) is 0 Å². The molecule has 1 aliphatic rings. The highest BCUT2D eigenvalue weighted by Gasteiger charge is 2.26. The van der Waals surface area contributed by atoms with Gasteiger partial charge in [0.2, 0.25) is 0 Å². The molecule has 136 valence electrons. The maximum absolute atomic E-state index is 13.1. The summed E-state index contributed by atoms with van der Waals surface area (Å²) >= 11 is 0. The smallest absolute Gasteiger partial charge is 0.257 e. The molecule has 2 aromatic rings. The standard InChI is InChI=1S/C18H25N5O.ClH/c1-2-22-13-15(12-21-22)18(24)23(14-16-6-3-4-10-20-16)17-7-5-9-19-11-8-17;/h3-4,6,10,12-13,17,19H,2,5,7-9,11,14H2,1H3;1H. The number of nitrogens with zero attached hydrogens (tertiary/aromatic N) is 4. The maximum Gasteiger partial charge on any atom is 0.257 e. The van der Waals surface area contributed by atoms with Crippen LogP contribution in [-0.4, -0.2) is 44.7 Å². The van der Waals surface area contributed by atoms with Gasteiger partial charge in [-0.3, -0.25) is 14.5 Å². The van der Waals surface area contributed by atoms with Crippen molar-refractivity contribution in [3.05, 3.63) is 48.0 Å². The minimum atomic E-state index is 0. The lowest BCUT2D eigenvalue weighted by Gasteiger charge is -2.30. The quantitative estimate of drug-likeness (QED) is 0.886. The fourth-order valence-electron chi connectivity index (χ4n) is 3.16. The van der Waals surface area contributed by atoms with Crippen LogP contribution in [0.5, 0.6) is 0 Å². The molecule has 1 saturated heterocycles. The molecule has 0 radical (unpaired) electrons. The Morgan fingerprint density at radius 3 is 2.96 bits per heavy atom. The Morgan fingerprint density at radius 2 is 2.24 bits per heavy atom. The highest BCUT2D eigenvalue weighted by atomic mass is 35.5. The van der Waals surface area contributed by atoms with E-state index < -0.39 is 0 Å². The molecule has 0 aromatic carbocycles. The fourth-order valence-corrected chi connectivity index (χ4v) is 3.16. The van der Waals surface area contributed by atoms with Crippen molar-refractivity contribution in [3.63, 3.8) is 0 Å². The molecule has 7 heteroatoms. The summed E-state index contributed by atoms with van der Waals surface area (Å²) in [4.78, 5) is 19.5. The molecule has 0 bridgehead atoms. The van der Waals surface area contributed by atoms with Gasteiger partial charge in [0, 0.05) is 25.0 Å². The average Bonchev–Trinajstić information content (AvgIpc) is 2.95. The summed E-state index contributed by atoms with van der Waals surface area (Å²) in [7, 11) is 0. The van der Waals surface area contributed by atoms with Gasteiger partial charge >= 0.3 is 0 Å². The third kappa shape index (κ3) is 5.03. The lowest BCUT2D eigenvalue weighted by Crippen LogP contribution is -2.40. The molecule has 1 atom stereocenters. The van der Waals surface area contributed by atoms with E-state index in [9.17, 15) is 4.79 Å². The highest BCUT2D eigenvalue weighted by Crippen LogP contribution is 2.19. The predicted molar refractivity (Wildman–Crippen MR) is 99.8 cm³/mol. The first kappa shape index (κ1) is 19.4. The average molecular weight is 364 g/mol. The molecule has 3 rings (SSSR count). The second-order valence-electron chi connectivity index (χ2n) is 6.17. The van der Waals surface area contributed by atoms with Crippen molar-refractivity contribution in [2.24, 2.45) is 0 Å². The molecule has 1 amide bonds. The topological polar surface area (TPSA) is 63.1 Å². The lowest BCUT2D eigenvalue weighted by molar-refractivity contribution is 0.0642. The van der Waals surface area contributed by atoms with Crippen molar-refractivity contribution in [1.29, 1.82) is 0 Å². The van der Waals surface area contributed by atoms with Crippen molar-refractivity contribution in [1.82, 2.24) is 25.0 Å². The molecule has 0 aliphatic carbocycles. The summed E-state index contributed by atoms with van der Waals surface area (Å²) < 4.78 is 1.79. The third-order valence-corrected chi connectivity index (χ3v) is 4.51. The van der Waals surface area contributed by atoms with Crippen LogP contribution in [0.4, 0.5) is 0 Å². The van der Waals surface area contributed by atoms with E-state index in [2.05, 4.69) is 15.4 Å². The lowest BCUT2D eigenvalue weighted by atomic mass is 10.1. The van der Waals surface area contributed by atoms with Gasteiger partial charge in [-0.25, -0.2) is 0 Å². The van der Waals surface area contributed by atoms with Crippen LogP contribution < -0.4 is 5.32 Å². The van der Waals surface area contributed by atoms with Crippen LogP contribution in [-0.2, 0) is 13.1 Å². The molecule has 6 nitrogen and oxygen atoms in total. The predicted octanol–water partition coefficient (Wildman–Crippen LogP) is 2.50. The Labute approximate surface area is 155 Å². The monoisotopic (exact) mass is 363 g/mol. The summed E-state index contributed by atoms with van der Waals surface area (Å²) in [6.07, 6.45) is 8.37. The van der Waals surface area contributed by atoms with Crippen molar-refractivity contribution in [2.45, 2.75) is 45.3 Å². The number of aromatic nitrogens is 3. The fraction of sp³-hybridized carbons (Fsp3) is 0.500. The Hall–Kier alpha value is -1.92. The number of carbonyl (C=O) groups is 1. The van der Waals surface area contributed by atoms with E-state index in [-0.39, 0.29) is 24.4 Å². The third-order valence-electron chi connectivity index (χ3n) is 4.51. The summed E-state index contributed by atoms with van der Waals surface area (Å²) in [5, 5.41) is 7.67. The molecular weight excluding hydrogens is 338 g/mol. The van der Waals surface area contributed by atoms with E-state index in [0.717, 1.165) is 44.6 Å². The number of hydrogen-bond donors (Lipinski definition) is 1. The van der Waals surface area contributed by atoms with Crippen molar-refractivity contribution in [2.75, 3.05) is 13.1 Å². The first-order valence-electron chi connectivity index (χ1n) is 8.72. The number of halogens is 1. The van der Waals surface area contributed by atoms with E-state index in [1.54, 1.807) is 17.1 Å². The molecule has 1 aliphatic heterocycles. The summed E-state index contributed by atoms with van der Waals surface area (Å²) in [6.45, 7) is 5.30. The SMILES string of the molecule is CCn1cc(C(=O)N(Cc2ccccn2)C2CCCNCC2)cn1.Cl. The van der Waals surface area contributed by atoms with Gasteiger partial charge in [-0.15, -0.1) is 12.4 Å². The number of carbonyl (C=O) groups excluding carboxylic acids is 1. The van der Waals surface area contributed by atoms with Crippen molar-refractivity contribution < 1.29 is 4.79 Å². The van der Waals surface area contributed by atoms with Gasteiger partial charge < -0.3 is 10.2 Å². The first-order chi connectivity index (χ1) is 11.8. The number of pyridine rings is 1. The van der Waals surface area contributed by atoms with Gasteiger partial charge in [0.1, 0.15) is 0 Å². The van der Waals surface area contributed by atoms with Crippen LogP contribution in [0.15, 0.2) is 36.8 Å². The van der Waals surface area contributed by atoms with Crippen LogP contribution in [0.25, 0.3) is 0 Å². The second kappa shape index (κ2) is 9.53. The van der Waals surface area contributed by atoms with E-state index in [0.29, 0.717) is 12.1 Å². The van der Waals surface area contributed by atoms with Crippen LogP contribution >= 0.6 is 12.4 Å². The molecule has 1 N–H and O–H groups in total. The maximum atomic E-state index is 13.1. The summed E-state index contributed by atoms with van der Waals surface area (Å²) in [6, 6.07) is 6.08. The molecule has 25 heavy (non-hydrogen) atoms. The normalized spacial score (nSPS) is 17.4. The van der Waals surface area contributed by atoms with Gasteiger partial charge in [-0.05, 0) is 51.4 Å². The summed E-state index contributed by atoms with van der Waals surface area (Å²) in [5.74, 6) is 0.0484. The number of aryl methyl sites for hydroxylation is 1. The Morgan fingerprint density at radius 1 is 1.36 bits per heavy atom. The number of amides is 1. The van der Waals surface area contributed by atoms with Gasteiger partial charge in [0.25, 0.3) is 5.91 Å². The molecule has 0 saturated carbocycles.